The highest BCUT2D eigenvalue weighted by atomic mass is 35.5. The molecule has 0 aliphatic carbocycles. The number of likely N-dealkylation sites (tertiary alicyclic amines) is 1. The van der Waals surface area contributed by atoms with Crippen molar-refractivity contribution < 1.29 is 4.79 Å². The van der Waals surface area contributed by atoms with Crippen LogP contribution in [-0.2, 0) is 0 Å². The lowest BCUT2D eigenvalue weighted by atomic mass is 10.1. The molecule has 1 heterocycles. The summed E-state index contributed by atoms with van der Waals surface area (Å²) in [5.74, 6) is -0.130. The van der Waals surface area contributed by atoms with E-state index in [9.17, 15) is 4.79 Å². The van der Waals surface area contributed by atoms with Crippen LogP contribution < -0.4 is 5.73 Å². The minimum atomic E-state index is -0.162. The number of amides is 1. The molecule has 0 saturated carbocycles. The van der Waals surface area contributed by atoms with Crippen molar-refractivity contribution in [3.8, 4) is 0 Å². The predicted molar refractivity (Wildman–Crippen MR) is 77.3 cm³/mol. The Bertz CT molecular complexity index is 487. The molecule has 96 valence electrons. The third-order valence-electron chi connectivity index (χ3n) is 2.95. The smallest absolute Gasteiger partial charge is 0.254 e. The maximum atomic E-state index is 12.4. The van der Waals surface area contributed by atoms with Gasteiger partial charge in [-0.3, -0.25) is 4.79 Å². The Morgan fingerprint density at radius 2 is 1.94 bits per heavy atom. The first kappa shape index (κ1) is 13.6. The number of carbonyl (C=O) groups is 1. The standard InChI is InChI=1S/C12H12Cl2N2OS/c13-8-4-7(5-9(14)6-8)12(17)16-3-1-2-10(16)11(15)18/h4-6,10H,1-3H2,(H2,15,18). The molecule has 0 aromatic heterocycles. The van der Waals surface area contributed by atoms with Gasteiger partial charge in [0.2, 0.25) is 0 Å². The normalized spacial score (nSPS) is 19.0. The summed E-state index contributed by atoms with van der Waals surface area (Å²) in [7, 11) is 0. The molecule has 1 aromatic rings. The summed E-state index contributed by atoms with van der Waals surface area (Å²) in [6, 6.07) is 4.63. The lowest BCUT2D eigenvalue weighted by Gasteiger charge is -2.23. The molecule has 2 N–H and O–H groups in total. The second kappa shape index (κ2) is 5.43. The van der Waals surface area contributed by atoms with Crippen molar-refractivity contribution in [1.82, 2.24) is 4.90 Å². The number of nitrogens with zero attached hydrogens (tertiary/aromatic N) is 1. The summed E-state index contributed by atoms with van der Waals surface area (Å²) in [4.78, 5) is 14.4. The van der Waals surface area contributed by atoms with Crippen LogP contribution in [0.4, 0.5) is 0 Å². The third-order valence-corrected chi connectivity index (χ3v) is 3.66. The number of benzene rings is 1. The summed E-state index contributed by atoms with van der Waals surface area (Å²) in [6.45, 7) is 0.658. The Kier molecular flexibility index (Phi) is 4.10. The van der Waals surface area contributed by atoms with Crippen LogP contribution in [0.15, 0.2) is 18.2 Å². The van der Waals surface area contributed by atoms with E-state index < -0.39 is 0 Å². The minimum Gasteiger partial charge on any atom is -0.392 e. The highest BCUT2D eigenvalue weighted by molar-refractivity contribution is 7.80. The van der Waals surface area contributed by atoms with Crippen molar-refractivity contribution in [1.29, 1.82) is 0 Å². The summed E-state index contributed by atoms with van der Waals surface area (Å²) in [5, 5.41) is 0.883. The van der Waals surface area contributed by atoms with Gasteiger partial charge in [-0.15, -0.1) is 0 Å². The molecule has 1 fully saturated rings. The Morgan fingerprint density at radius 1 is 1.33 bits per heavy atom. The molecule has 1 unspecified atom stereocenters. The van der Waals surface area contributed by atoms with Crippen molar-refractivity contribution in [2.45, 2.75) is 18.9 Å². The third kappa shape index (κ3) is 2.76. The molecule has 1 aliphatic rings. The topological polar surface area (TPSA) is 46.3 Å². The quantitative estimate of drug-likeness (QED) is 0.855. The zero-order valence-electron chi connectivity index (χ0n) is 9.53. The van der Waals surface area contributed by atoms with Crippen molar-refractivity contribution in [2.75, 3.05) is 6.54 Å². The average molecular weight is 303 g/mol. The van der Waals surface area contributed by atoms with Gasteiger partial charge in [0.15, 0.2) is 0 Å². The van der Waals surface area contributed by atoms with Gasteiger partial charge in [0, 0.05) is 22.2 Å². The SMILES string of the molecule is NC(=S)C1CCCN1C(=O)c1cc(Cl)cc(Cl)c1. The van der Waals surface area contributed by atoms with Gasteiger partial charge < -0.3 is 10.6 Å². The zero-order valence-corrected chi connectivity index (χ0v) is 11.9. The largest absolute Gasteiger partial charge is 0.392 e. The number of hydrogen-bond donors (Lipinski definition) is 1. The van der Waals surface area contributed by atoms with Gasteiger partial charge >= 0.3 is 0 Å². The first-order valence-corrected chi connectivity index (χ1v) is 6.72. The second-order valence-corrected chi connectivity index (χ2v) is 5.56. The zero-order chi connectivity index (χ0) is 13.3. The van der Waals surface area contributed by atoms with Crippen molar-refractivity contribution in [3.05, 3.63) is 33.8 Å². The Labute approximate surface area is 121 Å². The first-order valence-electron chi connectivity index (χ1n) is 5.55. The van der Waals surface area contributed by atoms with Gasteiger partial charge in [-0.1, -0.05) is 35.4 Å². The van der Waals surface area contributed by atoms with E-state index in [0.29, 0.717) is 27.1 Å². The molecular formula is C12H12Cl2N2OS. The van der Waals surface area contributed by atoms with E-state index in [1.54, 1.807) is 23.1 Å². The van der Waals surface area contributed by atoms with Crippen molar-refractivity contribution in [2.24, 2.45) is 5.73 Å². The van der Waals surface area contributed by atoms with E-state index in [4.69, 9.17) is 41.2 Å². The van der Waals surface area contributed by atoms with Crippen LogP contribution >= 0.6 is 35.4 Å². The number of carbonyl (C=O) groups excluding carboxylic acids is 1. The van der Waals surface area contributed by atoms with Crippen molar-refractivity contribution in [3.63, 3.8) is 0 Å². The Hall–Kier alpha value is -0.840. The van der Waals surface area contributed by atoms with Crippen molar-refractivity contribution >= 4 is 46.3 Å². The number of nitrogens with two attached hydrogens (primary N) is 1. The molecule has 1 atom stereocenters. The monoisotopic (exact) mass is 302 g/mol. The summed E-state index contributed by atoms with van der Waals surface area (Å²) in [5.41, 5.74) is 6.12. The lowest BCUT2D eigenvalue weighted by molar-refractivity contribution is 0.0770. The lowest BCUT2D eigenvalue weighted by Crippen LogP contribution is -2.42. The van der Waals surface area contributed by atoms with Crippen LogP contribution in [-0.4, -0.2) is 28.4 Å². The maximum absolute atomic E-state index is 12.4. The first-order chi connectivity index (χ1) is 8.49. The molecular weight excluding hydrogens is 291 g/mol. The van der Waals surface area contributed by atoms with Gasteiger partial charge in [0.25, 0.3) is 5.91 Å². The van der Waals surface area contributed by atoms with Gasteiger partial charge in [-0.05, 0) is 31.0 Å². The second-order valence-electron chi connectivity index (χ2n) is 4.22. The van der Waals surface area contributed by atoms with Gasteiger partial charge in [0.1, 0.15) is 0 Å². The van der Waals surface area contributed by atoms with Crippen LogP contribution in [0.5, 0.6) is 0 Å². The predicted octanol–water partition coefficient (Wildman–Crippen LogP) is 2.88. The number of rotatable bonds is 2. The summed E-state index contributed by atoms with van der Waals surface area (Å²) in [6.07, 6.45) is 1.72. The number of thiocarbonyl (C=S) groups is 1. The van der Waals surface area contributed by atoms with E-state index in [1.165, 1.54) is 0 Å². The number of halogens is 2. The molecule has 0 bridgehead atoms. The van der Waals surface area contributed by atoms with Crippen LogP contribution in [0.3, 0.4) is 0 Å². The fourth-order valence-electron chi connectivity index (χ4n) is 2.15. The molecule has 6 heteroatoms. The average Bonchev–Trinajstić information content (AvgIpc) is 2.75. The van der Waals surface area contributed by atoms with Crippen LogP contribution in [0, 0.1) is 0 Å². The fourth-order valence-corrected chi connectivity index (χ4v) is 2.92. The van der Waals surface area contributed by atoms with Gasteiger partial charge in [-0.25, -0.2) is 0 Å². The molecule has 1 aromatic carbocycles. The minimum absolute atomic E-state index is 0.130. The van der Waals surface area contributed by atoms with E-state index in [-0.39, 0.29) is 11.9 Å². The molecule has 3 nitrogen and oxygen atoms in total. The van der Waals surface area contributed by atoms with E-state index in [0.717, 1.165) is 12.8 Å². The molecule has 0 spiro atoms. The van der Waals surface area contributed by atoms with Gasteiger partial charge in [-0.2, -0.15) is 0 Å². The molecule has 1 amide bonds. The molecule has 18 heavy (non-hydrogen) atoms. The molecule has 2 rings (SSSR count). The number of hydrogen-bond acceptors (Lipinski definition) is 2. The molecule has 1 saturated heterocycles. The Balaban J connectivity index is 2.28. The van der Waals surface area contributed by atoms with Gasteiger partial charge in [0.05, 0.1) is 11.0 Å². The highest BCUT2D eigenvalue weighted by Crippen LogP contribution is 2.24. The van der Waals surface area contributed by atoms with Crippen LogP contribution in [0.1, 0.15) is 23.2 Å². The fraction of sp³-hybridized carbons (Fsp3) is 0.333. The van der Waals surface area contributed by atoms with Crippen LogP contribution in [0.2, 0.25) is 10.0 Å². The van der Waals surface area contributed by atoms with E-state index in [2.05, 4.69) is 0 Å². The highest BCUT2D eigenvalue weighted by Gasteiger charge is 2.31. The molecule has 0 radical (unpaired) electrons. The van der Waals surface area contributed by atoms with E-state index >= 15 is 0 Å². The maximum Gasteiger partial charge on any atom is 0.254 e. The Morgan fingerprint density at radius 3 is 2.50 bits per heavy atom. The summed E-state index contributed by atoms with van der Waals surface area (Å²) < 4.78 is 0. The van der Waals surface area contributed by atoms with E-state index in [1.807, 2.05) is 0 Å². The summed E-state index contributed by atoms with van der Waals surface area (Å²) >= 11 is 16.8. The van der Waals surface area contributed by atoms with Crippen LogP contribution in [0.25, 0.3) is 0 Å². The molecule has 1 aliphatic heterocycles.